The van der Waals surface area contributed by atoms with Crippen LogP contribution >= 0.6 is 0 Å². The van der Waals surface area contributed by atoms with E-state index >= 15 is 0 Å². The highest BCUT2D eigenvalue weighted by Gasteiger charge is 2.12. The standard InChI is InChI=1S/C10H11NO4/c1-11-9(13)5-6-4-7(12)2-3-8(6)10(14)15/h2-4,12H,5H2,1H3,(H,11,13)(H,14,15). The van der Waals surface area contributed by atoms with Crippen LogP contribution in [0.15, 0.2) is 18.2 Å². The van der Waals surface area contributed by atoms with Gasteiger partial charge in [-0.05, 0) is 23.8 Å². The van der Waals surface area contributed by atoms with Crippen molar-refractivity contribution in [2.24, 2.45) is 0 Å². The number of likely N-dealkylation sites (N-methyl/N-ethyl adjacent to an activating group) is 1. The van der Waals surface area contributed by atoms with Crippen LogP contribution in [0.4, 0.5) is 0 Å². The molecule has 0 heterocycles. The number of carbonyl (C=O) groups excluding carboxylic acids is 1. The molecular weight excluding hydrogens is 198 g/mol. The molecule has 0 unspecified atom stereocenters. The maximum Gasteiger partial charge on any atom is 0.335 e. The Hall–Kier alpha value is -2.04. The topological polar surface area (TPSA) is 86.6 Å². The van der Waals surface area contributed by atoms with E-state index in [0.29, 0.717) is 5.56 Å². The number of aromatic carboxylic acids is 1. The van der Waals surface area contributed by atoms with E-state index in [1.54, 1.807) is 0 Å². The summed E-state index contributed by atoms with van der Waals surface area (Å²) in [5.41, 5.74) is 0.318. The minimum atomic E-state index is -1.12. The number of aromatic hydroxyl groups is 1. The van der Waals surface area contributed by atoms with Crippen molar-refractivity contribution in [3.05, 3.63) is 29.3 Å². The summed E-state index contributed by atoms with van der Waals surface area (Å²) >= 11 is 0. The first-order valence-corrected chi connectivity index (χ1v) is 4.30. The Kier molecular flexibility index (Phi) is 3.28. The van der Waals surface area contributed by atoms with Crippen LogP contribution in [-0.4, -0.2) is 29.1 Å². The fraction of sp³-hybridized carbons (Fsp3) is 0.200. The van der Waals surface area contributed by atoms with Gasteiger partial charge in [-0.3, -0.25) is 4.79 Å². The molecular formula is C10H11NO4. The van der Waals surface area contributed by atoms with E-state index < -0.39 is 5.97 Å². The number of amides is 1. The molecule has 1 aromatic carbocycles. The highest BCUT2D eigenvalue weighted by atomic mass is 16.4. The largest absolute Gasteiger partial charge is 0.508 e. The average molecular weight is 209 g/mol. The predicted octanol–water partition coefficient (Wildman–Crippen LogP) is 0.379. The molecule has 0 atom stereocenters. The van der Waals surface area contributed by atoms with Crippen molar-refractivity contribution in [3.8, 4) is 5.75 Å². The lowest BCUT2D eigenvalue weighted by Crippen LogP contribution is -2.21. The highest BCUT2D eigenvalue weighted by molar-refractivity contribution is 5.91. The highest BCUT2D eigenvalue weighted by Crippen LogP contribution is 2.17. The second kappa shape index (κ2) is 4.45. The first-order chi connectivity index (χ1) is 7.04. The summed E-state index contributed by atoms with van der Waals surface area (Å²) in [5.74, 6) is -1.48. The van der Waals surface area contributed by atoms with Gasteiger partial charge in [0.15, 0.2) is 0 Å². The number of nitrogens with one attached hydrogen (secondary N) is 1. The van der Waals surface area contributed by atoms with Crippen LogP contribution in [-0.2, 0) is 11.2 Å². The van der Waals surface area contributed by atoms with Crippen molar-refractivity contribution in [1.82, 2.24) is 5.32 Å². The number of hydrogen-bond donors (Lipinski definition) is 3. The number of phenols is 1. The lowest BCUT2D eigenvalue weighted by molar-refractivity contribution is -0.119. The number of carboxylic acid groups (broad SMARTS) is 1. The van der Waals surface area contributed by atoms with Crippen LogP contribution in [0.3, 0.4) is 0 Å². The summed E-state index contributed by atoms with van der Waals surface area (Å²) in [7, 11) is 1.46. The second-order valence-corrected chi connectivity index (χ2v) is 3.00. The summed E-state index contributed by atoms with van der Waals surface area (Å²) in [5, 5.41) is 20.4. The van der Waals surface area contributed by atoms with E-state index in [4.69, 9.17) is 5.11 Å². The molecule has 1 aromatic rings. The molecule has 15 heavy (non-hydrogen) atoms. The van der Waals surface area contributed by atoms with Gasteiger partial charge < -0.3 is 15.5 Å². The van der Waals surface area contributed by atoms with Gasteiger partial charge in [0.05, 0.1) is 12.0 Å². The van der Waals surface area contributed by atoms with Gasteiger partial charge in [0.25, 0.3) is 0 Å². The molecule has 0 fully saturated rings. The van der Waals surface area contributed by atoms with E-state index in [0.717, 1.165) is 0 Å². The molecule has 5 heteroatoms. The molecule has 0 bridgehead atoms. The van der Waals surface area contributed by atoms with Gasteiger partial charge in [0, 0.05) is 7.05 Å². The third-order valence-electron chi connectivity index (χ3n) is 1.95. The van der Waals surface area contributed by atoms with Crippen LogP contribution in [0.1, 0.15) is 15.9 Å². The average Bonchev–Trinajstić information content (AvgIpc) is 2.17. The Morgan fingerprint density at radius 3 is 2.60 bits per heavy atom. The van der Waals surface area contributed by atoms with Crippen molar-refractivity contribution < 1.29 is 19.8 Å². The molecule has 1 amide bonds. The van der Waals surface area contributed by atoms with E-state index in [1.807, 2.05) is 0 Å². The predicted molar refractivity (Wildman–Crippen MR) is 52.8 cm³/mol. The van der Waals surface area contributed by atoms with Crippen LogP contribution in [0.5, 0.6) is 5.75 Å². The summed E-state index contributed by atoms with van der Waals surface area (Å²) < 4.78 is 0. The zero-order valence-electron chi connectivity index (χ0n) is 8.15. The lowest BCUT2D eigenvalue weighted by atomic mass is 10.0. The molecule has 0 saturated heterocycles. The van der Waals surface area contributed by atoms with Gasteiger partial charge in [-0.2, -0.15) is 0 Å². The molecule has 0 aromatic heterocycles. The molecule has 0 aliphatic rings. The SMILES string of the molecule is CNC(=O)Cc1cc(O)ccc1C(=O)O. The van der Waals surface area contributed by atoms with Gasteiger partial charge in [0.1, 0.15) is 5.75 Å². The number of benzene rings is 1. The molecule has 0 saturated carbocycles. The Morgan fingerprint density at radius 1 is 1.40 bits per heavy atom. The van der Waals surface area contributed by atoms with E-state index in [2.05, 4.69) is 5.32 Å². The zero-order valence-corrected chi connectivity index (χ0v) is 8.15. The quantitative estimate of drug-likeness (QED) is 0.671. The molecule has 5 nitrogen and oxygen atoms in total. The number of rotatable bonds is 3. The van der Waals surface area contributed by atoms with Gasteiger partial charge in [0.2, 0.25) is 5.91 Å². The molecule has 0 aliphatic carbocycles. The number of carbonyl (C=O) groups is 2. The van der Waals surface area contributed by atoms with Crippen molar-refractivity contribution in [2.45, 2.75) is 6.42 Å². The molecule has 0 radical (unpaired) electrons. The van der Waals surface area contributed by atoms with E-state index in [1.165, 1.54) is 25.2 Å². The molecule has 3 N–H and O–H groups in total. The van der Waals surface area contributed by atoms with Crippen molar-refractivity contribution >= 4 is 11.9 Å². The summed E-state index contributed by atoms with van der Waals surface area (Å²) in [4.78, 5) is 21.9. The lowest BCUT2D eigenvalue weighted by Gasteiger charge is -2.05. The second-order valence-electron chi connectivity index (χ2n) is 3.00. The number of phenolic OH excluding ortho intramolecular Hbond substituents is 1. The Bertz CT molecular complexity index is 400. The maximum absolute atomic E-state index is 11.1. The first kappa shape index (κ1) is 11.0. The van der Waals surface area contributed by atoms with Gasteiger partial charge in [-0.25, -0.2) is 4.79 Å². The van der Waals surface area contributed by atoms with E-state index in [9.17, 15) is 14.7 Å². The maximum atomic E-state index is 11.1. The Labute approximate surface area is 86.4 Å². The number of carboxylic acids is 1. The monoisotopic (exact) mass is 209 g/mol. The van der Waals surface area contributed by atoms with Crippen molar-refractivity contribution in [3.63, 3.8) is 0 Å². The summed E-state index contributed by atoms with van der Waals surface area (Å²) in [6.45, 7) is 0. The minimum Gasteiger partial charge on any atom is -0.508 e. The fourth-order valence-corrected chi connectivity index (χ4v) is 1.20. The van der Waals surface area contributed by atoms with Gasteiger partial charge in [-0.1, -0.05) is 0 Å². The van der Waals surface area contributed by atoms with Crippen LogP contribution < -0.4 is 5.32 Å². The molecule has 80 valence electrons. The minimum absolute atomic E-state index is 0.0244. The van der Waals surface area contributed by atoms with Crippen LogP contribution in [0, 0.1) is 0 Å². The first-order valence-electron chi connectivity index (χ1n) is 4.30. The summed E-state index contributed by atoms with van der Waals surface area (Å²) in [6, 6.07) is 3.82. The third-order valence-corrected chi connectivity index (χ3v) is 1.95. The van der Waals surface area contributed by atoms with Gasteiger partial charge >= 0.3 is 5.97 Å². The van der Waals surface area contributed by atoms with Gasteiger partial charge in [-0.15, -0.1) is 0 Å². The zero-order chi connectivity index (χ0) is 11.4. The van der Waals surface area contributed by atoms with Crippen LogP contribution in [0.25, 0.3) is 0 Å². The van der Waals surface area contributed by atoms with Crippen LogP contribution in [0.2, 0.25) is 0 Å². The third kappa shape index (κ3) is 2.70. The van der Waals surface area contributed by atoms with Crippen molar-refractivity contribution in [1.29, 1.82) is 0 Å². The molecule has 1 rings (SSSR count). The molecule has 0 spiro atoms. The van der Waals surface area contributed by atoms with E-state index in [-0.39, 0.29) is 23.6 Å². The fourth-order valence-electron chi connectivity index (χ4n) is 1.20. The summed E-state index contributed by atoms with van der Waals surface area (Å²) in [6.07, 6.45) is -0.0630. The molecule has 0 aliphatic heterocycles. The Morgan fingerprint density at radius 2 is 2.07 bits per heavy atom. The smallest absolute Gasteiger partial charge is 0.335 e. The van der Waals surface area contributed by atoms with Crippen molar-refractivity contribution in [2.75, 3.05) is 7.05 Å². The normalized spacial score (nSPS) is 9.67. The Balaban J connectivity index is 3.07. The number of hydrogen-bond acceptors (Lipinski definition) is 3.